The SMILES string of the molecule is N=C/C(=C\N)c1cc(Cc2c(Cl)cc(OCC(=O)O)cc2Cl)ccc1O. The predicted molar refractivity (Wildman–Crippen MR) is 101 cm³/mol. The third-order valence-electron chi connectivity index (χ3n) is 3.56. The Labute approximate surface area is 159 Å². The molecular formula is C18H16Cl2N2O4. The Morgan fingerprint density at radius 2 is 1.88 bits per heavy atom. The van der Waals surface area contributed by atoms with Gasteiger partial charge in [0.2, 0.25) is 0 Å². The molecule has 0 unspecified atom stereocenters. The summed E-state index contributed by atoms with van der Waals surface area (Å²) in [5, 5.41) is 26.6. The second-order valence-corrected chi connectivity index (χ2v) is 6.16. The first-order valence-electron chi connectivity index (χ1n) is 7.42. The number of halogens is 2. The van der Waals surface area contributed by atoms with Crippen LogP contribution in [0.2, 0.25) is 10.0 Å². The Hall–Kier alpha value is -2.70. The smallest absolute Gasteiger partial charge is 0.341 e. The molecule has 2 aromatic rings. The zero-order valence-corrected chi connectivity index (χ0v) is 15.0. The minimum absolute atomic E-state index is 0.00330. The molecule has 0 aliphatic heterocycles. The number of benzene rings is 2. The summed E-state index contributed by atoms with van der Waals surface area (Å²) in [5.41, 5.74) is 7.70. The van der Waals surface area contributed by atoms with Crippen LogP contribution < -0.4 is 10.5 Å². The summed E-state index contributed by atoms with van der Waals surface area (Å²) < 4.78 is 5.08. The Balaban J connectivity index is 2.32. The highest BCUT2D eigenvalue weighted by molar-refractivity contribution is 6.36. The van der Waals surface area contributed by atoms with Crippen molar-refractivity contribution >= 4 is 41.0 Å². The lowest BCUT2D eigenvalue weighted by molar-refractivity contribution is -0.139. The van der Waals surface area contributed by atoms with E-state index in [2.05, 4.69) is 0 Å². The molecule has 26 heavy (non-hydrogen) atoms. The number of hydrogen-bond acceptors (Lipinski definition) is 5. The summed E-state index contributed by atoms with van der Waals surface area (Å²) >= 11 is 12.5. The molecule has 0 amide bonds. The maximum atomic E-state index is 10.6. The van der Waals surface area contributed by atoms with Crippen LogP contribution in [0.3, 0.4) is 0 Å². The lowest BCUT2D eigenvalue weighted by Gasteiger charge is -2.12. The van der Waals surface area contributed by atoms with Crippen LogP contribution in [0.15, 0.2) is 36.5 Å². The molecule has 0 spiro atoms. The summed E-state index contributed by atoms with van der Waals surface area (Å²) in [5.74, 6) is -0.842. The van der Waals surface area contributed by atoms with Gasteiger partial charge in [-0.25, -0.2) is 4.79 Å². The summed E-state index contributed by atoms with van der Waals surface area (Å²) in [6.45, 7) is -0.495. The van der Waals surface area contributed by atoms with Crippen molar-refractivity contribution in [2.24, 2.45) is 5.73 Å². The van der Waals surface area contributed by atoms with Crippen molar-refractivity contribution in [3.8, 4) is 11.5 Å². The van der Waals surface area contributed by atoms with Crippen molar-refractivity contribution < 1.29 is 19.7 Å². The van der Waals surface area contributed by atoms with E-state index in [9.17, 15) is 9.90 Å². The average molecular weight is 395 g/mol. The van der Waals surface area contributed by atoms with Crippen molar-refractivity contribution in [1.29, 1.82) is 5.41 Å². The van der Waals surface area contributed by atoms with Crippen molar-refractivity contribution in [2.45, 2.75) is 6.42 Å². The third-order valence-corrected chi connectivity index (χ3v) is 4.24. The normalized spacial score (nSPS) is 11.2. The summed E-state index contributed by atoms with van der Waals surface area (Å²) in [6, 6.07) is 7.90. The fourth-order valence-electron chi connectivity index (χ4n) is 2.32. The number of nitrogens with two attached hydrogens (primary N) is 1. The van der Waals surface area contributed by atoms with Crippen molar-refractivity contribution in [3.05, 3.63) is 63.3 Å². The minimum atomic E-state index is -1.10. The molecular weight excluding hydrogens is 379 g/mol. The number of phenolic OH excluding ortho intramolecular Hbond substituents is 1. The van der Waals surface area contributed by atoms with E-state index in [1.165, 1.54) is 24.4 Å². The third kappa shape index (κ3) is 4.68. The van der Waals surface area contributed by atoms with Crippen LogP contribution in [0, 0.1) is 5.41 Å². The van der Waals surface area contributed by atoms with E-state index in [1.54, 1.807) is 12.1 Å². The number of carbonyl (C=O) groups is 1. The molecule has 5 N–H and O–H groups in total. The molecule has 0 heterocycles. The van der Waals surface area contributed by atoms with Crippen molar-refractivity contribution in [1.82, 2.24) is 0 Å². The van der Waals surface area contributed by atoms with Gasteiger partial charge in [-0.3, -0.25) is 0 Å². The number of ether oxygens (including phenoxy) is 1. The van der Waals surface area contributed by atoms with E-state index in [0.717, 1.165) is 11.8 Å². The van der Waals surface area contributed by atoms with E-state index in [-0.39, 0.29) is 11.5 Å². The van der Waals surface area contributed by atoms with Gasteiger partial charge in [-0.2, -0.15) is 0 Å². The zero-order chi connectivity index (χ0) is 19.3. The molecule has 0 bridgehead atoms. The van der Waals surface area contributed by atoms with E-state index >= 15 is 0 Å². The molecule has 2 aromatic carbocycles. The molecule has 136 valence electrons. The zero-order valence-electron chi connectivity index (χ0n) is 13.5. The summed E-state index contributed by atoms with van der Waals surface area (Å²) in [7, 11) is 0. The van der Waals surface area contributed by atoms with Crippen LogP contribution in [-0.2, 0) is 11.2 Å². The molecule has 2 rings (SSSR count). The van der Waals surface area contributed by atoms with Gasteiger partial charge in [0, 0.05) is 40.0 Å². The van der Waals surface area contributed by atoms with Crippen LogP contribution >= 0.6 is 23.2 Å². The van der Waals surface area contributed by atoms with Crippen LogP contribution in [-0.4, -0.2) is 29.0 Å². The monoisotopic (exact) mass is 394 g/mol. The first-order chi connectivity index (χ1) is 12.3. The molecule has 0 aliphatic rings. The van der Waals surface area contributed by atoms with Crippen LogP contribution in [0.1, 0.15) is 16.7 Å². The summed E-state index contributed by atoms with van der Waals surface area (Å²) in [4.78, 5) is 10.6. The van der Waals surface area contributed by atoms with Crippen LogP contribution in [0.5, 0.6) is 11.5 Å². The number of allylic oxidation sites excluding steroid dienone is 1. The Morgan fingerprint density at radius 3 is 2.42 bits per heavy atom. The van der Waals surface area contributed by atoms with Gasteiger partial charge in [0.15, 0.2) is 6.61 Å². The standard InChI is InChI=1S/C18H16Cl2N2O4/c19-15-5-12(26-9-18(24)25)6-16(20)14(15)4-10-1-2-17(23)13(3-10)11(7-21)8-22/h1-3,5-8,21,23H,4,9,22H2,(H,24,25)/b11-8+,21-7?. The van der Waals surface area contributed by atoms with E-state index in [4.69, 9.17) is 44.2 Å². The van der Waals surface area contributed by atoms with Crippen LogP contribution in [0.4, 0.5) is 0 Å². The van der Waals surface area contributed by atoms with Crippen molar-refractivity contribution in [2.75, 3.05) is 6.61 Å². The molecule has 8 heteroatoms. The van der Waals surface area contributed by atoms with Gasteiger partial charge < -0.3 is 26.1 Å². The number of aliphatic carboxylic acids is 1. The van der Waals surface area contributed by atoms with Crippen LogP contribution in [0.25, 0.3) is 5.57 Å². The number of nitrogens with one attached hydrogen (secondary N) is 1. The van der Waals surface area contributed by atoms with E-state index < -0.39 is 12.6 Å². The Bertz CT molecular complexity index is 858. The number of aromatic hydroxyl groups is 1. The maximum absolute atomic E-state index is 10.6. The molecule has 6 nitrogen and oxygen atoms in total. The van der Waals surface area contributed by atoms with Gasteiger partial charge in [0.05, 0.1) is 0 Å². The highest BCUT2D eigenvalue weighted by atomic mass is 35.5. The highest BCUT2D eigenvalue weighted by Crippen LogP contribution is 2.33. The second kappa shape index (κ2) is 8.60. The summed E-state index contributed by atoms with van der Waals surface area (Å²) in [6.07, 6.45) is 2.65. The average Bonchev–Trinajstić information content (AvgIpc) is 2.59. The van der Waals surface area contributed by atoms with Crippen molar-refractivity contribution in [3.63, 3.8) is 0 Å². The highest BCUT2D eigenvalue weighted by Gasteiger charge is 2.13. The van der Waals surface area contributed by atoms with Gasteiger partial charge in [0.1, 0.15) is 11.5 Å². The fourth-order valence-corrected chi connectivity index (χ4v) is 2.92. The Morgan fingerprint density at radius 1 is 1.23 bits per heavy atom. The number of carboxylic acids is 1. The van der Waals surface area contributed by atoms with Gasteiger partial charge in [-0.05, 0) is 35.4 Å². The van der Waals surface area contributed by atoms with Gasteiger partial charge in [-0.1, -0.05) is 29.3 Å². The molecule has 0 fully saturated rings. The Kier molecular flexibility index (Phi) is 6.49. The fraction of sp³-hybridized carbons (Fsp3) is 0.111. The number of hydrogen-bond donors (Lipinski definition) is 4. The predicted octanol–water partition coefficient (Wildman–Crippen LogP) is 3.70. The second-order valence-electron chi connectivity index (χ2n) is 5.34. The molecule has 0 saturated carbocycles. The number of rotatable bonds is 7. The van der Waals surface area contributed by atoms with Gasteiger partial charge in [0.25, 0.3) is 0 Å². The first-order valence-corrected chi connectivity index (χ1v) is 8.18. The molecule has 0 atom stereocenters. The van der Waals surface area contributed by atoms with E-state index in [1.807, 2.05) is 0 Å². The molecule has 0 radical (unpaired) electrons. The lowest BCUT2D eigenvalue weighted by Crippen LogP contribution is -2.09. The number of carboxylic acid groups (broad SMARTS) is 1. The maximum Gasteiger partial charge on any atom is 0.341 e. The topological polar surface area (TPSA) is 117 Å². The first kappa shape index (κ1) is 19.6. The van der Waals surface area contributed by atoms with E-state index in [0.29, 0.717) is 33.2 Å². The minimum Gasteiger partial charge on any atom is -0.507 e. The lowest BCUT2D eigenvalue weighted by atomic mass is 9.99. The number of phenols is 1. The molecule has 0 aliphatic carbocycles. The largest absolute Gasteiger partial charge is 0.507 e. The molecule has 0 aromatic heterocycles. The molecule has 0 saturated heterocycles. The quantitative estimate of drug-likeness (QED) is 0.534. The van der Waals surface area contributed by atoms with Gasteiger partial charge >= 0.3 is 5.97 Å². The van der Waals surface area contributed by atoms with Gasteiger partial charge in [-0.15, -0.1) is 0 Å².